The normalized spacial score (nSPS) is 26.2. The molecule has 90 heavy (non-hydrogen) atoms. The first-order valence-corrected chi connectivity index (χ1v) is 31.5. The molecule has 0 aromatic heterocycles. The molecule has 6 aliphatic rings. The van der Waals surface area contributed by atoms with Crippen LogP contribution in [-0.4, -0.2) is 220 Å². The number of esters is 2. The van der Waals surface area contributed by atoms with Gasteiger partial charge in [0.25, 0.3) is 11.8 Å². The summed E-state index contributed by atoms with van der Waals surface area (Å²) in [5.74, 6) is -12.7. The maximum Gasteiger partial charge on any atom is 0.329 e. The third-order valence-corrected chi connectivity index (χ3v) is 18.3. The van der Waals surface area contributed by atoms with Crippen LogP contribution in [0.25, 0.3) is 22.6 Å². The summed E-state index contributed by atoms with van der Waals surface area (Å²) < 4.78 is 18.0. The van der Waals surface area contributed by atoms with E-state index in [1.807, 2.05) is 0 Å². The van der Waals surface area contributed by atoms with Gasteiger partial charge in [0.15, 0.2) is 11.3 Å². The van der Waals surface area contributed by atoms with Crippen LogP contribution < -0.4 is 32.4 Å². The Morgan fingerprint density at radius 1 is 0.622 bits per heavy atom. The SMILES string of the molecule is CC(C)[C@H]1C(=O)O[C@H](C)[C@H](NC(=O)c2c3nc4c(C(=O)N[C@@H]5C(=O)N[C@H](C(C)C)C(=O)N6CCC[C@H]6C(=O)N(C)CC(=O)N(C)[C@@H](C(C)C)C(=O)O[C@@H]5C)ccc(Br)c4oc-3c(Br)c(=O)c2N)C(=O)N[C@H](C(C)C)C(=O)N2CCC[C@H]2C(=O)N(C)CC(=O)N1C. The van der Waals surface area contributed by atoms with Crippen LogP contribution in [0.3, 0.4) is 0 Å². The lowest BCUT2D eigenvalue weighted by molar-refractivity contribution is -0.163. The lowest BCUT2D eigenvalue weighted by Gasteiger charge is -2.36. The van der Waals surface area contributed by atoms with Crippen molar-refractivity contribution < 1.29 is 71.4 Å². The Bertz CT molecular complexity index is 3430. The number of fused-ring (bicyclic) bond motifs is 4. The standard InChI is InChI=1S/C60H80Br2N12O16/c1-25(2)40-57(84)73-21-15-17-33(73)55(82)69(11)23-35(75)71(13)46(27(5)6)59(86)88-29(9)42(53(80)65-40)67-51(78)31-19-20-32(61)49-44(31)64-45-37(39(63)48(77)38(62)50(45)90-49)52(79)68-43-30(10)89-60(87)47(28(7)8)72(14)36(76)24-70(12)56(83)34-18-16-22-74(34)58(85)41(26(3)4)66-54(43)81/h19-20,25-30,33-34,40-43,46-47H,15-18,21-24,63H2,1-14H3,(H,65,80)(H,66,81)(H,67,78)(H,68,79)/t29-,30-,33+,34+,40-,41-,42+,43+,46+,47+/m1/s1. The average molecular weight is 1390 g/mol. The molecule has 1 aromatic carbocycles. The van der Waals surface area contributed by atoms with E-state index in [9.17, 15) is 52.7 Å². The van der Waals surface area contributed by atoms with E-state index < -0.39 is 191 Å². The number of nitrogens with one attached hydrogen (secondary N) is 4. The zero-order valence-electron chi connectivity index (χ0n) is 52.9. The number of amides is 10. The molecule has 490 valence electrons. The third-order valence-electron chi connectivity index (χ3n) is 17.0. The summed E-state index contributed by atoms with van der Waals surface area (Å²) in [5.41, 5.74) is 2.78. The summed E-state index contributed by atoms with van der Waals surface area (Å²) in [6, 6.07) is -8.15. The molecular formula is C60H80Br2N12O16. The van der Waals surface area contributed by atoms with Gasteiger partial charge in [0.2, 0.25) is 52.7 Å². The second-order valence-corrected chi connectivity index (χ2v) is 26.5. The van der Waals surface area contributed by atoms with Gasteiger partial charge in [0.1, 0.15) is 76.2 Å². The molecule has 7 rings (SSSR count). The summed E-state index contributed by atoms with van der Waals surface area (Å²) in [5, 5.41) is 10.6. The molecular weight excluding hydrogens is 1300 g/mol. The van der Waals surface area contributed by atoms with Gasteiger partial charge in [-0.1, -0.05) is 55.4 Å². The summed E-state index contributed by atoms with van der Waals surface area (Å²) in [7, 11) is 5.56. The van der Waals surface area contributed by atoms with Gasteiger partial charge < -0.3 is 70.3 Å². The number of nitrogen functional groups attached to an aromatic ring is 1. The second kappa shape index (κ2) is 28.2. The zero-order valence-corrected chi connectivity index (χ0v) is 56.1. The number of nitrogens with two attached hydrogens (primary N) is 1. The van der Waals surface area contributed by atoms with E-state index in [1.165, 1.54) is 73.8 Å². The fraction of sp³-hybridized carbons (Fsp3) is 0.600. The molecule has 0 spiro atoms. The number of likely N-dealkylation sites (N-methyl/N-ethyl adjacent to an activating group) is 4. The maximum absolute atomic E-state index is 15.2. The van der Waals surface area contributed by atoms with Crippen LogP contribution in [-0.2, 0) is 57.4 Å². The Morgan fingerprint density at radius 2 is 1.04 bits per heavy atom. The van der Waals surface area contributed by atoms with Gasteiger partial charge in [-0.05, 0) is 107 Å². The first kappa shape index (κ1) is 69.7. The van der Waals surface area contributed by atoms with Crippen molar-refractivity contribution in [2.24, 2.45) is 23.7 Å². The Hall–Kier alpha value is -7.76. The summed E-state index contributed by atoms with van der Waals surface area (Å²) in [4.78, 5) is 199. The minimum atomic E-state index is -1.90. The van der Waals surface area contributed by atoms with Crippen molar-refractivity contribution in [3.63, 3.8) is 0 Å². The van der Waals surface area contributed by atoms with Crippen LogP contribution >= 0.6 is 31.9 Å². The van der Waals surface area contributed by atoms with Crippen molar-refractivity contribution in [1.29, 1.82) is 0 Å². The number of carbonyl (C=O) groups is 12. The highest BCUT2D eigenvalue weighted by Gasteiger charge is 2.46. The summed E-state index contributed by atoms with van der Waals surface area (Å²) in [6.45, 7) is 15.3. The molecule has 1 aromatic rings. The Morgan fingerprint density at radius 3 is 1.46 bits per heavy atom. The second-order valence-electron chi connectivity index (χ2n) is 24.9. The van der Waals surface area contributed by atoms with Crippen LogP contribution in [0.1, 0.15) is 116 Å². The third kappa shape index (κ3) is 14.1. The van der Waals surface area contributed by atoms with Gasteiger partial charge in [-0.3, -0.25) is 52.7 Å². The number of cyclic esters (lactones) is 2. The van der Waals surface area contributed by atoms with Gasteiger partial charge >= 0.3 is 11.9 Å². The van der Waals surface area contributed by atoms with Crippen molar-refractivity contribution in [2.75, 3.05) is 60.1 Å². The highest BCUT2D eigenvalue weighted by atomic mass is 79.9. The van der Waals surface area contributed by atoms with Crippen molar-refractivity contribution >= 4 is 120 Å². The van der Waals surface area contributed by atoms with Crippen LogP contribution in [0, 0.1) is 23.7 Å². The average Bonchev–Trinajstić information content (AvgIpc) is 0.875. The summed E-state index contributed by atoms with van der Waals surface area (Å²) in [6.07, 6.45) is -1.71. The predicted octanol–water partition coefficient (Wildman–Crippen LogP) is 1.63. The number of halogens is 2. The molecule has 0 unspecified atom stereocenters. The molecule has 0 radical (unpaired) electrons. The maximum atomic E-state index is 15.2. The van der Waals surface area contributed by atoms with E-state index in [2.05, 4.69) is 53.1 Å². The number of ether oxygens (including phenoxy) is 2. The molecule has 4 fully saturated rings. The number of carbonyl (C=O) groups excluding carboxylic acids is 12. The molecule has 0 saturated carbocycles. The van der Waals surface area contributed by atoms with Crippen molar-refractivity contribution in [3.8, 4) is 11.5 Å². The largest absolute Gasteiger partial charge is 0.458 e. The number of aromatic nitrogens is 1. The highest BCUT2D eigenvalue weighted by Crippen LogP contribution is 2.38. The van der Waals surface area contributed by atoms with Gasteiger partial charge in [-0.25, -0.2) is 14.6 Å². The van der Waals surface area contributed by atoms with E-state index >= 15 is 9.59 Å². The first-order valence-electron chi connectivity index (χ1n) is 29.9. The Labute approximate surface area is 537 Å². The monoisotopic (exact) mass is 1380 g/mol. The fourth-order valence-electron chi connectivity index (χ4n) is 11.9. The zero-order chi connectivity index (χ0) is 67.0. The molecule has 0 bridgehead atoms. The van der Waals surface area contributed by atoms with E-state index in [4.69, 9.17) is 24.6 Å². The van der Waals surface area contributed by atoms with Crippen molar-refractivity contribution in [1.82, 2.24) is 55.7 Å². The lowest BCUT2D eigenvalue weighted by Crippen LogP contribution is -2.61. The number of hydrogen-bond acceptors (Lipinski definition) is 18. The smallest absolute Gasteiger partial charge is 0.329 e. The molecule has 5 aliphatic heterocycles. The van der Waals surface area contributed by atoms with E-state index in [0.29, 0.717) is 12.8 Å². The number of nitrogens with zero attached hydrogens (tertiary/aromatic N) is 7. The van der Waals surface area contributed by atoms with E-state index in [-0.39, 0.29) is 57.3 Å². The van der Waals surface area contributed by atoms with Crippen LogP contribution in [0.15, 0.2) is 30.3 Å². The molecule has 30 heteroatoms. The van der Waals surface area contributed by atoms with Gasteiger partial charge in [0, 0.05) is 41.3 Å². The van der Waals surface area contributed by atoms with Crippen LogP contribution in [0.4, 0.5) is 5.69 Å². The Balaban J connectivity index is 1.32. The molecule has 10 amide bonds. The van der Waals surface area contributed by atoms with Gasteiger partial charge in [-0.15, -0.1) is 0 Å². The molecule has 5 heterocycles. The van der Waals surface area contributed by atoms with Crippen LogP contribution in [0.2, 0.25) is 0 Å². The van der Waals surface area contributed by atoms with Crippen molar-refractivity contribution in [3.05, 3.63) is 42.4 Å². The molecule has 28 nitrogen and oxygen atoms in total. The minimum Gasteiger partial charge on any atom is -0.458 e. The molecule has 10 atom stereocenters. The molecule has 1 aliphatic carbocycles. The number of hydrogen-bond donors (Lipinski definition) is 5. The lowest BCUT2D eigenvalue weighted by atomic mass is 9.99. The molecule has 4 saturated heterocycles. The quantitative estimate of drug-likeness (QED) is 0.122. The fourth-order valence-corrected chi connectivity index (χ4v) is 12.8. The minimum absolute atomic E-state index is 0.147. The van der Waals surface area contributed by atoms with Crippen LogP contribution in [0.5, 0.6) is 0 Å². The Kier molecular flexibility index (Phi) is 21.8. The van der Waals surface area contributed by atoms with Gasteiger partial charge in [-0.2, -0.15) is 0 Å². The topological polar surface area (TPSA) is 360 Å². The first-order chi connectivity index (χ1) is 42.1. The van der Waals surface area contributed by atoms with Crippen molar-refractivity contribution in [2.45, 2.75) is 155 Å². The summed E-state index contributed by atoms with van der Waals surface area (Å²) >= 11 is 6.65. The highest BCUT2D eigenvalue weighted by molar-refractivity contribution is 9.11. The molecule has 6 N–H and O–H groups in total. The van der Waals surface area contributed by atoms with E-state index in [0.717, 1.165) is 9.80 Å². The number of anilines is 1. The van der Waals surface area contributed by atoms with E-state index in [1.54, 1.807) is 55.4 Å². The predicted molar refractivity (Wildman–Crippen MR) is 331 cm³/mol. The van der Waals surface area contributed by atoms with Gasteiger partial charge in [0.05, 0.1) is 34.4 Å². The number of benzene rings is 2. The number of rotatable bonds is 8.